The predicted octanol–water partition coefficient (Wildman–Crippen LogP) is -0.458. The van der Waals surface area contributed by atoms with Gasteiger partial charge in [-0.3, -0.25) is 4.21 Å². The number of carboxylic acids is 1. The zero-order valence-corrected chi connectivity index (χ0v) is 11.6. The minimum Gasteiger partial charge on any atom is -0.479 e. The van der Waals surface area contributed by atoms with Gasteiger partial charge >= 0.3 is 12.0 Å². The van der Waals surface area contributed by atoms with Gasteiger partial charge in [0.15, 0.2) is 6.10 Å². The maximum absolute atomic E-state index is 11.4. The van der Waals surface area contributed by atoms with Crippen LogP contribution in [0.15, 0.2) is 0 Å². The largest absolute Gasteiger partial charge is 0.479 e. The summed E-state index contributed by atoms with van der Waals surface area (Å²) in [6.45, 7) is 1.68. The minimum absolute atomic E-state index is 0.107. The number of nitrogens with one attached hydrogen (secondary N) is 2. The van der Waals surface area contributed by atoms with Crippen molar-refractivity contribution in [3.63, 3.8) is 0 Å². The fourth-order valence-corrected chi connectivity index (χ4v) is 1.83. The molecule has 106 valence electrons. The van der Waals surface area contributed by atoms with Crippen LogP contribution < -0.4 is 10.6 Å². The minimum atomic E-state index is -1.13. The van der Waals surface area contributed by atoms with E-state index in [1.54, 1.807) is 13.2 Å². The third kappa shape index (κ3) is 8.02. The van der Waals surface area contributed by atoms with Crippen LogP contribution in [0, 0.1) is 0 Å². The predicted molar refractivity (Wildman–Crippen MR) is 68.0 cm³/mol. The van der Waals surface area contributed by atoms with Crippen molar-refractivity contribution >= 4 is 22.8 Å². The van der Waals surface area contributed by atoms with Crippen LogP contribution in [0.2, 0.25) is 0 Å². The maximum Gasteiger partial charge on any atom is 0.334 e. The Morgan fingerprint density at radius 3 is 2.50 bits per heavy atom. The smallest absolute Gasteiger partial charge is 0.334 e. The Bertz CT molecular complexity index is 311. The van der Waals surface area contributed by atoms with Crippen molar-refractivity contribution in [2.75, 3.05) is 25.7 Å². The van der Waals surface area contributed by atoms with Crippen molar-refractivity contribution in [1.82, 2.24) is 10.6 Å². The van der Waals surface area contributed by atoms with Crippen molar-refractivity contribution in [2.24, 2.45) is 0 Å². The summed E-state index contributed by atoms with van der Waals surface area (Å²) >= 11 is 0. The van der Waals surface area contributed by atoms with E-state index < -0.39 is 28.9 Å². The fraction of sp³-hybridized carbons (Fsp3) is 0.800. The molecule has 0 rings (SSSR count). The van der Waals surface area contributed by atoms with Gasteiger partial charge in [0, 0.05) is 36.0 Å². The van der Waals surface area contributed by atoms with Crippen LogP contribution in [0.3, 0.4) is 0 Å². The SMILES string of the molecule is COC(CNC(=O)NC(C)CCS(C)=O)C(=O)O. The van der Waals surface area contributed by atoms with Gasteiger partial charge in [-0.25, -0.2) is 9.59 Å². The topological polar surface area (TPSA) is 105 Å². The second-order valence-electron chi connectivity index (χ2n) is 3.88. The lowest BCUT2D eigenvalue weighted by Gasteiger charge is -2.16. The Morgan fingerprint density at radius 1 is 1.44 bits per heavy atom. The molecule has 0 aliphatic heterocycles. The first-order valence-corrected chi connectivity index (χ1v) is 7.19. The van der Waals surface area contributed by atoms with Gasteiger partial charge < -0.3 is 20.5 Å². The number of carboxylic acid groups (broad SMARTS) is 1. The van der Waals surface area contributed by atoms with Gasteiger partial charge in [-0.15, -0.1) is 0 Å². The number of rotatable bonds is 8. The molecule has 3 atom stereocenters. The van der Waals surface area contributed by atoms with Gasteiger partial charge in [0.25, 0.3) is 0 Å². The van der Waals surface area contributed by atoms with Crippen molar-refractivity contribution in [3.05, 3.63) is 0 Å². The number of urea groups is 1. The molecular formula is C10H20N2O5S. The van der Waals surface area contributed by atoms with Crippen LogP contribution in [0.4, 0.5) is 4.79 Å². The molecule has 0 aromatic rings. The molecule has 0 aliphatic rings. The molecule has 3 unspecified atom stereocenters. The maximum atomic E-state index is 11.4. The van der Waals surface area contributed by atoms with Gasteiger partial charge in [-0.05, 0) is 13.3 Å². The van der Waals surface area contributed by atoms with Crippen LogP contribution in [0.25, 0.3) is 0 Å². The highest BCUT2D eigenvalue weighted by Gasteiger charge is 2.17. The number of aliphatic carboxylic acids is 1. The molecular weight excluding hydrogens is 260 g/mol. The zero-order chi connectivity index (χ0) is 14.1. The second kappa shape index (κ2) is 8.87. The number of carbonyl (C=O) groups excluding carboxylic acids is 1. The normalized spacial score (nSPS) is 15.5. The fourth-order valence-electron chi connectivity index (χ4n) is 1.15. The molecule has 7 nitrogen and oxygen atoms in total. The van der Waals surface area contributed by atoms with E-state index in [-0.39, 0.29) is 12.6 Å². The molecule has 3 N–H and O–H groups in total. The molecule has 0 radical (unpaired) electrons. The lowest BCUT2D eigenvalue weighted by atomic mass is 10.3. The quantitative estimate of drug-likeness (QED) is 0.558. The van der Waals surface area contributed by atoms with E-state index in [0.717, 1.165) is 0 Å². The van der Waals surface area contributed by atoms with Crippen LogP contribution >= 0.6 is 0 Å². The molecule has 18 heavy (non-hydrogen) atoms. The molecule has 2 amide bonds. The summed E-state index contributed by atoms with van der Waals surface area (Å²) in [6, 6.07) is -0.590. The van der Waals surface area contributed by atoms with Gasteiger partial charge in [-0.1, -0.05) is 0 Å². The molecule has 0 aliphatic carbocycles. The summed E-state index contributed by atoms with van der Waals surface area (Å²) in [4.78, 5) is 22.0. The van der Waals surface area contributed by atoms with E-state index in [1.807, 2.05) is 0 Å². The molecule has 0 saturated heterocycles. The number of hydrogen-bond acceptors (Lipinski definition) is 4. The molecule has 0 aromatic carbocycles. The van der Waals surface area contributed by atoms with Crippen LogP contribution in [-0.2, 0) is 20.3 Å². The first-order valence-electron chi connectivity index (χ1n) is 5.46. The van der Waals surface area contributed by atoms with E-state index in [1.165, 1.54) is 7.11 Å². The van der Waals surface area contributed by atoms with Crippen LogP contribution in [0.5, 0.6) is 0 Å². The van der Waals surface area contributed by atoms with Crippen molar-refractivity contribution < 1.29 is 23.6 Å². The van der Waals surface area contributed by atoms with Crippen molar-refractivity contribution in [3.8, 4) is 0 Å². The third-order valence-electron chi connectivity index (χ3n) is 2.22. The number of methoxy groups -OCH3 is 1. The average molecular weight is 280 g/mol. The third-order valence-corrected chi connectivity index (χ3v) is 3.03. The Hall–Kier alpha value is -1.15. The number of amides is 2. The van der Waals surface area contributed by atoms with Crippen molar-refractivity contribution in [1.29, 1.82) is 0 Å². The first-order chi connectivity index (χ1) is 8.36. The number of hydrogen-bond donors (Lipinski definition) is 3. The zero-order valence-electron chi connectivity index (χ0n) is 10.8. The van der Waals surface area contributed by atoms with E-state index >= 15 is 0 Å². The van der Waals surface area contributed by atoms with Gasteiger partial charge in [-0.2, -0.15) is 0 Å². The number of ether oxygens (including phenoxy) is 1. The summed E-state index contributed by atoms with van der Waals surface area (Å²) in [7, 11) is 0.372. The standard InChI is InChI=1S/C10H20N2O5S/c1-7(4-5-18(3)16)12-10(15)11-6-8(17-2)9(13)14/h7-8H,4-6H2,1-3H3,(H,13,14)(H2,11,12,15). The Balaban J connectivity index is 3.89. The van der Waals surface area contributed by atoms with Gasteiger partial charge in [0.1, 0.15) is 0 Å². The molecule has 0 fully saturated rings. The Labute approximate surface area is 109 Å². The van der Waals surface area contributed by atoms with E-state index in [2.05, 4.69) is 15.4 Å². The summed E-state index contributed by atoms with van der Waals surface area (Å²) in [5.74, 6) is -0.621. The Morgan fingerprint density at radius 2 is 2.06 bits per heavy atom. The molecule has 0 spiro atoms. The average Bonchev–Trinajstić information content (AvgIpc) is 2.26. The monoisotopic (exact) mass is 280 g/mol. The molecule has 8 heteroatoms. The molecule has 0 saturated carbocycles. The summed E-state index contributed by atoms with van der Waals surface area (Å²) < 4.78 is 15.5. The lowest BCUT2D eigenvalue weighted by molar-refractivity contribution is -0.147. The van der Waals surface area contributed by atoms with Gasteiger partial charge in [0.2, 0.25) is 0 Å². The summed E-state index contributed by atoms with van der Waals surface area (Å²) in [5, 5.41) is 13.7. The highest BCUT2D eigenvalue weighted by Crippen LogP contribution is 1.93. The van der Waals surface area contributed by atoms with Crippen LogP contribution in [0.1, 0.15) is 13.3 Å². The molecule has 0 bridgehead atoms. The van der Waals surface area contributed by atoms with Crippen molar-refractivity contribution in [2.45, 2.75) is 25.5 Å². The second-order valence-corrected chi connectivity index (χ2v) is 5.44. The van der Waals surface area contributed by atoms with Crippen LogP contribution in [-0.4, -0.2) is 59.1 Å². The number of carbonyl (C=O) groups is 2. The highest BCUT2D eigenvalue weighted by molar-refractivity contribution is 7.84. The van der Waals surface area contributed by atoms with Gasteiger partial charge in [0.05, 0.1) is 6.54 Å². The highest BCUT2D eigenvalue weighted by atomic mass is 32.2. The first kappa shape index (κ1) is 16.9. The van der Waals surface area contributed by atoms with E-state index in [0.29, 0.717) is 12.2 Å². The lowest BCUT2D eigenvalue weighted by Crippen LogP contribution is -2.45. The van der Waals surface area contributed by atoms with E-state index in [4.69, 9.17) is 5.11 Å². The molecule has 0 aromatic heterocycles. The summed E-state index contributed by atoms with van der Waals surface area (Å²) in [5.41, 5.74) is 0. The van der Waals surface area contributed by atoms with E-state index in [9.17, 15) is 13.8 Å². The molecule has 0 heterocycles. The Kier molecular flexibility index (Phi) is 8.30. The summed E-state index contributed by atoms with van der Waals surface area (Å²) in [6.07, 6.45) is 1.14.